The first-order chi connectivity index (χ1) is 9.61. The molecule has 0 saturated heterocycles. The van der Waals surface area contributed by atoms with Gasteiger partial charge >= 0.3 is 0 Å². The quantitative estimate of drug-likeness (QED) is 0.840. The van der Waals surface area contributed by atoms with Gasteiger partial charge in [0, 0.05) is 6.04 Å². The van der Waals surface area contributed by atoms with E-state index < -0.39 is 6.10 Å². The van der Waals surface area contributed by atoms with Gasteiger partial charge in [-0.05, 0) is 36.6 Å². The molecule has 1 aliphatic rings. The van der Waals surface area contributed by atoms with E-state index in [-0.39, 0.29) is 6.04 Å². The molecule has 20 heavy (non-hydrogen) atoms. The number of hydrogen-bond acceptors (Lipinski definition) is 4. The van der Waals surface area contributed by atoms with Crippen molar-refractivity contribution in [3.8, 4) is 11.5 Å². The Hall–Kier alpha value is -1.26. The number of aliphatic hydroxyl groups is 1. The van der Waals surface area contributed by atoms with Gasteiger partial charge in [0.05, 0.1) is 6.10 Å². The molecule has 0 bridgehead atoms. The Morgan fingerprint density at radius 2 is 1.90 bits per heavy atom. The van der Waals surface area contributed by atoms with Crippen LogP contribution in [0.5, 0.6) is 11.5 Å². The predicted molar refractivity (Wildman–Crippen MR) is 79.3 cm³/mol. The highest BCUT2D eigenvalue weighted by atomic mass is 16.6. The van der Waals surface area contributed by atoms with Crippen molar-refractivity contribution in [2.45, 2.75) is 39.3 Å². The summed E-state index contributed by atoms with van der Waals surface area (Å²) in [6.07, 6.45) is 0.345. The van der Waals surface area contributed by atoms with Gasteiger partial charge < -0.3 is 19.9 Å². The second-order valence-electron chi connectivity index (χ2n) is 5.66. The van der Waals surface area contributed by atoms with Crippen LogP contribution in [-0.4, -0.2) is 30.9 Å². The van der Waals surface area contributed by atoms with Gasteiger partial charge in [-0.3, -0.25) is 0 Å². The zero-order chi connectivity index (χ0) is 14.5. The molecule has 1 aromatic carbocycles. The predicted octanol–water partition coefficient (Wildman–Crippen LogP) is 2.52. The van der Waals surface area contributed by atoms with E-state index in [2.05, 4.69) is 26.1 Å². The molecule has 0 aliphatic carbocycles. The average molecular weight is 279 g/mol. The molecular weight excluding hydrogens is 254 g/mol. The summed E-state index contributed by atoms with van der Waals surface area (Å²) in [5.74, 6) is 2.05. The molecule has 2 rings (SSSR count). The summed E-state index contributed by atoms with van der Waals surface area (Å²) in [6.45, 7) is 8.46. The molecule has 4 heteroatoms. The molecule has 0 saturated carbocycles. The Bertz CT molecular complexity index is 434. The van der Waals surface area contributed by atoms with Crippen LogP contribution in [0.3, 0.4) is 0 Å². The van der Waals surface area contributed by atoms with E-state index in [0.717, 1.165) is 30.0 Å². The van der Waals surface area contributed by atoms with Gasteiger partial charge in [0.25, 0.3) is 0 Å². The highest BCUT2D eigenvalue weighted by molar-refractivity contribution is 5.44. The van der Waals surface area contributed by atoms with Crippen molar-refractivity contribution in [3.63, 3.8) is 0 Å². The van der Waals surface area contributed by atoms with E-state index in [4.69, 9.17) is 9.47 Å². The van der Waals surface area contributed by atoms with Crippen LogP contribution in [0.2, 0.25) is 0 Å². The van der Waals surface area contributed by atoms with Crippen molar-refractivity contribution in [3.05, 3.63) is 23.8 Å². The summed E-state index contributed by atoms with van der Waals surface area (Å²) in [5.41, 5.74) is 0.873. The van der Waals surface area contributed by atoms with E-state index in [0.29, 0.717) is 19.1 Å². The van der Waals surface area contributed by atoms with Crippen LogP contribution in [0.15, 0.2) is 18.2 Å². The van der Waals surface area contributed by atoms with Crippen molar-refractivity contribution in [1.29, 1.82) is 0 Å². The highest BCUT2D eigenvalue weighted by Crippen LogP contribution is 2.33. The zero-order valence-electron chi connectivity index (χ0n) is 12.6. The molecule has 1 heterocycles. The van der Waals surface area contributed by atoms with Crippen LogP contribution in [0.4, 0.5) is 0 Å². The fraction of sp³-hybridized carbons (Fsp3) is 0.625. The minimum absolute atomic E-state index is 0.0555. The molecule has 2 N–H and O–H groups in total. The molecule has 1 aromatic rings. The fourth-order valence-electron chi connectivity index (χ4n) is 2.34. The smallest absolute Gasteiger partial charge is 0.161 e. The zero-order valence-corrected chi connectivity index (χ0v) is 12.6. The summed E-state index contributed by atoms with van der Waals surface area (Å²) in [7, 11) is 0. The average Bonchev–Trinajstić information content (AvgIpc) is 2.47. The van der Waals surface area contributed by atoms with Crippen LogP contribution in [0.25, 0.3) is 0 Å². The number of aliphatic hydroxyl groups excluding tert-OH is 1. The third kappa shape index (κ3) is 3.64. The van der Waals surface area contributed by atoms with E-state index in [9.17, 15) is 5.11 Å². The molecule has 0 radical (unpaired) electrons. The maximum absolute atomic E-state index is 10.5. The second-order valence-corrected chi connectivity index (χ2v) is 5.66. The Morgan fingerprint density at radius 1 is 1.20 bits per heavy atom. The van der Waals surface area contributed by atoms with Crippen LogP contribution < -0.4 is 14.8 Å². The van der Waals surface area contributed by atoms with E-state index >= 15 is 0 Å². The normalized spacial score (nSPS) is 17.1. The summed E-state index contributed by atoms with van der Waals surface area (Å²) >= 11 is 0. The van der Waals surface area contributed by atoms with E-state index in [1.807, 2.05) is 18.2 Å². The maximum Gasteiger partial charge on any atom is 0.161 e. The molecule has 2 atom stereocenters. The van der Waals surface area contributed by atoms with Crippen LogP contribution in [0, 0.1) is 5.92 Å². The van der Waals surface area contributed by atoms with Gasteiger partial charge in [0.2, 0.25) is 0 Å². The van der Waals surface area contributed by atoms with Gasteiger partial charge in [-0.15, -0.1) is 0 Å². The summed E-state index contributed by atoms with van der Waals surface area (Å²) in [5, 5.41) is 14.0. The summed E-state index contributed by atoms with van der Waals surface area (Å²) < 4.78 is 11.1. The highest BCUT2D eigenvalue weighted by Gasteiger charge is 2.21. The molecule has 0 amide bonds. The van der Waals surface area contributed by atoms with E-state index in [1.54, 1.807) is 0 Å². The number of nitrogens with one attached hydrogen (secondary N) is 1. The van der Waals surface area contributed by atoms with Crippen molar-refractivity contribution in [2.24, 2.45) is 5.92 Å². The molecule has 0 fully saturated rings. The fourth-order valence-corrected chi connectivity index (χ4v) is 2.34. The SMILES string of the molecule is CCC(NCC(C)C)C(O)c1ccc2c(c1)OCCO2. The van der Waals surface area contributed by atoms with Crippen LogP contribution >= 0.6 is 0 Å². The molecule has 0 aromatic heterocycles. The lowest BCUT2D eigenvalue weighted by atomic mass is 9.99. The first-order valence-corrected chi connectivity index (χ1v) is 7.42. The topological polar surface area (TPSA) is 50.7 Å². The standard InChI is InChI=1S/C16H25NO3/c1-4-13(17-10-11(2)3)16(18)12-5-6-14-15(9-12)20-8-7-19-14/h5-6,9,11,13,16-18H,4,7-8,10H2,1-3H3. The molecule has 112 valence electrons. The Kier molecular flexibility index (Phi) is 5.26. The van der Waals surface area contributed by atoms with Crippen molar-refractivity contribution >= 4 is 0 Å². The Morgan fingerprint density at radius 3 is 2.55 bits per heavy atom. The molecular formula is C16H25NO3. The minimum atomic E-state index is -0.533. The van der Waals surface area contributed by atoms with Crippen LogP contribution in [0.1, 0.15) is 38.9 Å². The number of benzene rings is 1. The number of hydrogen-bond donors (Lipinski definition) is 2. The lowest BCUT2D eigenvalue weighted by molar-refractivity contribution is 0.122. The molecule has 4 nitrogen and oxygen atoms in total. The second kappa shape index (κ2) is 6.95. The molecule has 0 spiro atoms. The van der Waals surface area contributed by atoms with Gasteiger partial charge in [-0.2, -0.15) is 0 Å². The first kappa shape index (κ1) is 15.1. The van der Waals surface area contributed by atoms with Crippen molar-refractivity contribution < 1.29 is 14.6 Å². The number of ether oxygens (including phenoxy) is 2. The number of fused-ring (bicyclic) bond motifs is 1. The van der Waals surface area contributed by atoms with Crippen molar-refractivity contribution in [2.75, 3.05) is 19.8 Å². The Labute approximate surface area is 121 Å². The first-order valence-electron chi connectivity index (χ1n) is 7.42. The maximum atomic E-state index is 10.5. The van der Waals surface area contributed by atoms with E-state index in [1.165, 1.54) is 0 Å². The summed E-state index contributed by atoms with van der Waals surface area (Å²) in [4.78, 5) is 0. The van der Waals surface area contributed by atoms with Crippen molar-refractivity contribution in [1.82, 2.24) is 5.32 Å². The Balaban J connectivity index is 2.08. The van der Waals surface area contributed by atoms with Gasteiger partial charge in [0.15, 0.2) is 11.5 Å². The third-order valence-corrected chi connectivity index (χ3v) is 3.52. The number of rotatable bonds is 6. The minimum Gasteiger partial charge on any atom is -0.486 e. The van der Waals surface area contributed by atoms with Gasteiger partial charge in [-0.25, -0.2) is 0 Å². The third-order valence-electron chi connectivity index (χ3n) is 3.52. The van der Waals surface area contributed by atoms with Gasteiger partial charge in [0.1, 0.15) is 13.2 Å². The monoisotopic (exact) mass is 279 g/mol. The lowest BCUT2D eigenvalue weighted by Gasteiger charge is -2.26. The lowest BCUT2D eigenvalue weighted by Crippen LogP contribution is -2.36. The summed E-state index contributed by atoms with van der Waals surface area (Å²) in [6, 6.07) is 5.74. The molecule has 1 aliphatic heterocycles. The molecule has 2 unspecified atom stereocenters. The largest absolute Gasteiger partial charge is 0.486 e. The van der Waals surface area contributed by atoms with Crippen LogP contribution in [-0.2, 0) is 0 Å². The van der Waals surface area contributed by atoms with Gasteiger partial charge in [-0.1, -0.05) is 26.8 Å².